The number of ether oxygens (including phenoxy) is 1. The third kappa shape index (κ3) is 6.40. The highest BCUT2D eigenvalue weighted by Gasteiger charge is 2.27. The van der Waals surface area contributed by atoms with Gasteiger partial charge in [-0.3, -0.25) is 9.36 Å². The van der Waals surface area contributed by atoms with Gasteiger partial charge < -0.3 is 18.9 Å². The van der Waals surface area contributed by atoms with Crippen LogP contribution in [-0.4, -0.2) is 43.7 Å². The molecule has 1 amide bonds. The molecule has 0 unspecified atom stereocenters. The second-order valence-corrected chi connectivity index (χ2v) is 6.38. The van der Waals surface area contributed by atoms with Crippen LogP contribution in [0, 0.1) is 0 Å². The van der Waals surface area contributed by atoms with Gasteiger partial charge in [0.25, 0.3) is 5.91 Å². The summed E-state index contributed by atoms with van der Waals surface area (Å²) in [5, 5.41) is 13.2. The molecule has 23 heavy (non-hydrogen) atoms. The standard InChI is InChI=1S/C14H21N2O6P/c1-4-21-23(19,22-5-2)10-14(18)16-15-9-11-6-7-12(17)13(8-11)20-3/h6-9,17H,4-5,10H2,1-3H3,(H,16,18). The van der Waals surface area contributed by atoms with Crippen molar-refractivity contribution in [3.05, 3.63) is 23.8 Å². The van der Waals surface area contributed by atoms with Crippen molar-refractivity contribution in [2.24, 2.45) is 5.10 Å². The minimum Gasteiger partial charge on any atom is -0.504 e. The topological polar surface area (TPSA) is 106 Å². The van der Waals surface area contributed by atoms with E-state index >= 15 is 0 Å². The predicted octanol–water partition coefficient (Wildman–Crippen LogP) is 2.12. The Morgan fingerprint density at radius 2 is 2.00 bits per heavy atom. The first-order valence-electron chi connectivity index (χ1n) is 7.01. The fourth-order valence-corrected chi connectivity index (χ4v) is 3.15. The summed E-state index contributed by atoms with van der Waals surface area (Å²) < 4.78 is 27.2. The Bertz CT molecular complexity index is 595. The van der Waals surface area contributed by atoms with Crippen molar-refractivity contribution < 1.29 is 28.3 Å². The molecule has 0 spiro atoms. The lowest BCUT2D eigenvalue weighted by atomic mass is 10.2. The van der Waals surface area contributed by atoms with Crippen molar-refractivity contribution >= 4 is 19.7 Å². The van der Waals surface area contributed by atoms with Crippen LogP contribution in [0.2, 0.25) is 0 Å². The highest BCUT2D eigenvalue weighted by Crippen LogP contribution is 2.47. The molecule has 128 valence electrons. The fraction of sp³-hybridized carbons (Fsp3) is 0.429. The molecule has 0 saturated carbocycles. The number of phenolic OH excluding ortho intramolecular Hbond substituents is 1. The number of amides is 1. The average Bonchev–Trinajstić information content (AvgIpc) is 2.49. The van der Waals surface area contributed by atoms with E-state index in [0.29, 0.717) is 5.56 Å². The minimum absolute atomic E-state index is 0.00283. The SMILES string of the molecule is CCOP(=O)(CC(=O)NN=Cc1ccc(O)c(OC)c1)OCC. The summed E-state index contributed by atoms with van der Waals surface area (Å²) in [5.41, 5.74) is 2.86. The van der Waals surface area contributed by atoms with Crippen molar-refractivity contribution in [3.63, 3.8) is 0 Å². The molecular weight excluding hydrogens is 323 g/mol. The zero-order chi connectivity index (χ0) is 17.3. The van der Waals surface area contributed by atoms with Crippen LogP contribution in [0.25, 0.3) is 0 Å². The maximum absolute atomic E-state index is 12.2. The molecule has 8 nitrogen and oxygen atoms in total. The first-order valence-corrected chi connectivity index (χ1v) is 8.74. The van der Waals surface area contributed by atoms with E-state index in [4.69, 9.17) is 13.8 Å². The first kappa shape index (κ1) is 19.2. The van der Waals surface area contributed by atoms with Gasteiger partial charge in [-0.05, 0) is 37.6 Å². The number of rotatable bonds is 9. The first-order chi connectivity index (χ1) is 10.9. The van der Waals surface area contributed by atoms with E-state index in [1.54, 1.807) is 26.0 Å². The van der Waals surface area contributed by atoms with Gasteiger partial charge in [-0.15, -0.1) is 0 Å². The van der Waals surface area contributed by atoms with Gasteiger partial charge in [0, 0.05) is 0 Å². The summed E-state index contributed by atoms with van der Waals surface area (Å²) in [6, 6.07) is 4.59. The van der Waals surface area contributed by atoms with Gasteiger partial charge in [0.1, 0.15) is 6.16 Å². The van der Waals surface area contributed by atoms with E-state index in [-0.39, 0.29) is 24.7 Å². The summed E-state index contributed by atoms with van der Waals surface area (Å²) in [6.07, 6.45) is 0.955. The number of benzene rings is 1. The highest BCUT2D eigenvalue weighted by molar-refractivity contribution is 7.54. The Morgan fingerprint density at radius 3 is 2.57 bits per heavy atom. The Kier molecular flexibility index (Phi) is 7.74. The molecular formula is C14H21N2O6P. The third-order valence-electron chi connectivity index (χ3n) is 2.60. The number of aromatic hydroxyl groups is 1. The molecule has 0 heterocycles. The molecule has 0 bridgehead atoms. The smallest absolute Gasteiger partial charge is 0.340 e. The van der Waals surface area contributed by atoms with Crippen LogP contribution >= 0.6 is 7.60 Å². The third-order valence-corrected chi connectivity index (χ3v) is 4.57. The molecule has 0 fully saturated rings. The van der Waals surface area contributed by atoms with Gasteiger partial charge in [-0.1, -0.05) is 0 Å². The molecule has 0 radical (unpaired) electrons. The van der Waals surface area contributed by atoms with Gasteiger partial charge in [0.05, 0.1) is 26.5 Å². The zero-order valence-electron chi connectivity index (χ0n) is 13.3. The van der Waals surface area contributed by atoms with Crippen molar-refractivity contribution in [2.75, 3.05) is 26.5 Å². The molecule has 0 atom stereocenters. The van der Waals surface area contributed by atoms with E-state index in [1.807, 2.05) is 0 Å². The van der Waals surface area contributed by atoms with E-state index in [9.17, 15) is 14.5 Å². The number of carbonyl (C=O) groups excluding carboxylic acids is 1. The lowest BCUT2D eigenvalue weighted by Crippen LogP contribution is -2.22. The maximum Gasteiger partial charge on any atom is 0.340 e. The number of hydrogen-bond donors (Lipinski definition) is 2. The number of nitrogens with one attached hydrogen (secondary N) is 1. The van der Waals surface area contributed by atoms with Crippen molar-refractivity contribution in [3.8, 4) is 11.5 Å². The van der Waals surface area contributed by atoms with Crippen molar-refractivity contribution in [1.82, 2.24) is 5.43 Å². The molecule has 9 heteroatoms. The fourth-order valence-electron chi connectivity index (χ4n) is 1.69. The Labute approximate surface area is 135 Å². The van der Waals surface area contributed by atoms with Crippen molar-refractivity contribution in [1.29, 1.82) is 0 Å². The van der Waals surface area contributed by atoms with E-state index in [1.165, 1.54) is 19.4 Å². The number of methoxy groups -OCH3 is 1. The summed E-state index contributed by atoms with van der Waals surface area (Å²) in [4.78, 5) is 11.8. The van der Waals surface area contributed by atoms with Gasteiger partial charge in [0.15, 0.2) is 11.5 Å². The number of phenols is 1. The van der Waals surface area contributed by atoms with Crippen LogP contribution in [0.5, 0.6) is 11.5 Å². The summed E-state index contributed by atoms with van der Waals surface area (Å²) in [7, 11) is -2.02. The van der Waals surface area contributed by atoms with Crippen LogP contribution in [0.3, 0.4) is 0 Å². The molecule has 0 aliphatic rings. The zero-order valence-corrected chi connectivity index (χ0v) is 14.2. The maximum atomic E-state index is 12.2. The highest BCUT2D eigenvalue weighted by atomic mass is 31.2. The van der Waals surface area contributed by atoms with E-state index in [2.05, 4.69) is 10.5 Å². The van der Waals surface area contributed by atoms with Crippen LogP contribution in [0.4, 0.5) is 0 Å². The molecule has 1 aromatic carbocycles. The Balaban J connectivity index is 2.63. The largest absolute Gasteiger partial charge is 0.504 e. The van der Waals surface area contributed by atoms with Gasteiger partial charge in [0.2, 0.25) is 0 Å². The van der Waals surface area contributed by atoms with Gasteiger partial charge in [-0.25, -0.2) is 5.43 Å². The lowest BCUT2D eigenvalue weighted by molar-refractivity contribution is -0.118. The predicted molar refractivity (Wildman–Crippen MR) is 86.1 cm³/mol. The quantitative estimate of drug-likeness (QED) is 0.404. The number of carbonyl (C=O) groups is 1. The molecule has 0 aliphatic carbocycles. The molecule has 2 N–H and O–H groups in total. The van der Waals surface area contributed by atoms with E-state index < -0.39 is 19.7 Å². The molecule has 1 aromatic rings. The Morgan fingerprint density at radius 1 is 1.35 bits per heavy atom. The van der Waals surface area contributed by atoms with Crippen LogP contribution in [0.1, 0.15) is 19.4 Å². The van der Waals surface area contributed by atoms with E-state index in [0.717, 1.165) is 0 Å². The molecule has 0 aromatic heterocycles. The second-order valence-electron chi connectivity index (χ2n) is 4.33. The summed E-state index contributed by atoms with van der Waals surface area (Å²) in [6.45, 7) is 3.70. The average molecular weight is 344 g/mol. The summed E-state index contributed by atoms with van der Waals surface area (Å²) in [5.74, 6) is -0.294. The van der Waals surface area contributed by atoms with Crippen LogP contribution in [0.15, 0.2) is 23.3 Å². The van der Waals surface area contributed by atoms with Crippen LogP contribution < -0.4 is 10.2 Å². The molecule has 0 saturated heterocycles. The lowest BCUT2D eigenvalue weighted by Gasteiger charge is -2.15. The monoisotopic (exact) mass is 344 g/mol. The van der Waals surface area contributed by atoms with Crippen LogP contribution in [-0.2, 0) is 18.4 Å². The normalized spacial score (nSPS) is 11.6. The number of hydrazone groups is 1. The molecule has 0 aliphatic heterocycles. The van der Waals surface area contributed by atoms with Crippen molar-refractivity contribution in [2.45, 2.75) is 13.8 Å². The minimum atomic E-state index is -3.45. The van der Waals surface area contributed by atoms with Gasteiger partial charge >= 0.3 is 7.60 Å². The molecule has 1 rings (SSSR count). The summed E-state index contributed by atoms with van der Waals surface area (Å²) >= 11 is 0. The Hall–Kier alpha value is -1.89. The number of nitrogens with zero attached hydrogens (tertiary/aromatic N) is 1. The second kappa shape index (κ2) is 9.29. The number of hydrogen-bond acceptors (Lipinski definition) is 7. The van der Waals surface area contributed by atoms with Gasteiger partial charge in [-0.2, -0.15) is 5.10 Å².